The monoisotopic (exact) mass is 1360 g/mol. The molecule has 1 atom stereocenters. The largest absolute Gasteiger partial charge is 0.309 e. The predicted molar refractivity (Wildman–Crippen MR) is 443 cm³/mol. The van der Waals surface area contributed by atoms with Gasteiger partial charge in [0.1, 0.15) is 0 Å². The maximum atomic E-state index is 2.60. The van der Waals surface area contributed by atoms with Crippen molar-refractivity contribution in [1.29, 1.82) is 0 Å². The first-order valence-electron chi connectivity index (χ1n) is 36.4. The molecule has 6 heterocycles. The van der Waals surface area contributed by atoms with Gasteiger partial charge in [0, 0.05) is 96.5 Å². The van der Waals surface area contributed by atoms with Crippen molar-refractivity contribution in [3.63, 3.8) is 0 Å². The average molecular weight is 1370 g/mol. The Morgan fingerprint density at radius 1 is 0.219 bits per heavy atom. The van der Waals surface area contributed by atoms with Crippen molar-refractivity contribution in [3.8, 4) is 45.0 Å². The first-order chi connectivity index (χ1) is 52.1. The van der Waals surface area contributed by atoms with Gasteiger partial charge in [0.05, 0.1) is 49.5 Å². The number of aromatic nitrogens is 4. The van der Waals surface area contributed by atoms with E-state index >= 15 is 0 Å². The minimum absolute atomic E-state index is 0.0229. The van der Waals surface area contributed by atoms with Crippen LogP contribution in [-0.4, -0.2) is 31.7 Å². The number of fused-ring (bicyclic) bond motifs is 28. The summed E-state index contributed by atoms with van der Waals surface area (Å²) >= 11 is 3.93. The topological polar surface area (TPSA) is 19.7 Å². The number of para-hydroxylation sites is 6. The molecule has 0 saturated heterocycles. The van der Waals surface area contributed by atoms with Gasteiger partial charge < -0.3 is 18.3 Å². The highest BCUT2D eigenvalue weighted by molar-refractivity contribution is 8.00. The first kappa shape index (κ1) is 58.1. The van der Waals surface area contributed by atoms with E-state index in [-0.39, 0.29) is 13.4 Å². The van der Waals surface area contributed by atoms with Crippen LogP contribution in [0, 0.1) is 0 Å². The fourth-order valence-electron chi connectivity index (χ4n) is 19.6. The second-order valence-corrected chi connectivity index (χ2v) is 30.9. The van der Waals surface area contributed by atoms with E-state index in [0.717, 1.165) is 22.7 Å². The van der Waals surface area contributed by atoms with Crippen LogP contribution in [-0.2, 0) is 5.41 Å². The minimum atomic E-state index is -0.744. The molecule has 4 nitrogen and oxygen atoms in total. The summed E-state index contributed by atoms with van der Waals surface area (Å²) in [7, 11) is 0. The molecule has 0 N–H and O–H groups in total. The van der Waals surface area contributed by atoms with E-state index in [1.165, 1.54) is 184 Å². The van der Waals surface area contributed by atoms with Crippen molar-refractivity contribution >= 4 is 157 Å². The average Bonchev–Trinajstić information content (AvgIpc) is 1.49. The summed E-state index contributed by atoms with van der Waals surface area (Å²) in [6.07, 6.45) is 0. The van der Waals surface area contributed by atoms with Gasteiger partial charge in [0.2, 0.25) is 13.4 Å². The second-order valence-electron chi connectivity index (χ2n) is 28.8. The summed E-state index contributed by atoms with van der Waals surface area (Å²) in [5.74, 6) is 0. The number of nitrogens with zero attached hydrogens (tertiary/aromatic N) is 4. The van der Waals surface area contributed by atoms with Crippen LogP contribution in [0.3, 0.4) is 0 Å². The van der Waals surface area contributed by atoms with E-state index in [1.54, 1.807) is 0 Å². The van der Waals surface area contributed by atoms with Crippen molar-refractivity contribution in [3.05, 3.63) is 374 Å². The van der Waals surface area contributed by atoms with Crippen LogP contribution in [0.25, 0.3) is 132 Å². The summed E-state index contributed by atoms with van der Waals surface area (Å²) in [5.41, 5.74) is 31.7. The van der Waals surface area contributed by atoms with Crippen LogP contribution in [0.5, 0.6) is 0 Å². The molecule has 8 heteroatoms. The van der Waals surface area contributed by atoms with Gasteiger partial charge >= 0.3 is 0 Å². The van der Waals surface area contributed by atoms with Gasteiger partial charge in [-0.2, -0.15) is 0 Å². The molecule has 2 aliphatic carbocycles. The molecular weight excluding hydrogens is 1310 g/mol. The molecule has 484 valence electrons. The molecule has 0 fully saturated rings. The maximum Gasteiger partial charge on any atom is 0.244 e. The van der Waals surface area contributed by atoms with E-state index in [2.05, 4.69) is 370 Å². The van der Waals surface area contributed by atoms with Crippen LogP contribution < -0.4 is 32.8 Å². The molecule has 0 saturated carbocycles. The third-order valence-corrected chi connectivity index (χ3v) is 26.3. The second kappa shape index (κ2) is 21.8. The molecule has 0 bridgehead atoms. The van der Waals surface area contributed by atoms with Crippen molar-refractivity contribution in [2.24, 2.45) is 0 Å². The van der Waals surface area contributed by atoms with Crippen molar-refractivity contribution in [2.45, 2.75) is 25.0 Å². The molecule has 1 unspecified atom stereocenters. The fraction of sp³-hybridized carbons (Fsp3) is 0.0103. The van der Waals surface area contributed by atoms with Crippen LogP contribution in [0.4, 0.5) is 0 Å². The van der Waals surface area contributed by atoms with E-state index in [1.807, 2.05) is 23.5 Å². The lowest BCUT2D eigenvalue weighted by atomic mass is 9.36. The Hall–Kier alpha value is -12.5. The SMILES string of the molecule is c1ccc(B2c3ccccc3Sc3c2ccc2c3-c3cc(-n4c5ccccc5c5cc6c(cc54)c4ccccc4n6-c4ccccc4)ccc3C23c2ccc(-n4c5ccccc5c5cc6c7ccccc7n(-c7ccccc7)c6cc54)cc2-c2c3ccc3c2Sc2ccccc2B3c2ccccc2)cc1. The van der Waals surface area contributed by atoms with Crippen molar-refractivity contribution in [1.82, 2.24) is 18.3 Å². The van der Waals surface area contributed by atoms with Crippen molar-refractivity contribution in [2.75, 3.05) is 0 Å². The zero-order valence-electron chi connectivity index (χ0n) is 56.7. The van der Waals surface area contributed by atoms with E-state index < -0.39 is 5.41 Å². The molecule has 1 spiro atoms. The van der Waals surface area contributed by atoms with Crippen LogP contribution in [0.2, 0.25) is 0 Å². The van der Waals surface area contributed by atoms with Crippen LogP contribution in [0.1, 0.15) is 22.3 Å². The van der Waals surface area contributed by atoms with Gasteiger partial charge in [-0.15, -0.1) is 0 Å². The quantitative estimate of drug-likeness (QED) is 0.155. The lowest BCUT2D eigenvalue weighted by Gasteiger charge is -2.33. The molecule has 24 rings (SSSR count). The highest BCUT2D eigenvalue weighted by atomic mass is 32.2. The number of rotatable bonds is 6. The molecule has 105 heavy (non-hydrogen) atoms. The van der Waals surface area contributed by atoms with Gasteiger partial charge in [-0.3, -0.25) is 0 Å². The van der Waals surface area contributed by atoms with Gasteiger partial charge in [-0.25, -0.2) is 0 Å². The first-order valence-corrected chi connectivity index (χ1v) is 38.1. The van der Waals surface area contributed by atoms with E-state index in [4.69, 9.17) is 0 Å². The van der Waals surface area contributed by atoms with Gasteiger partial charge in [-0.1, -0.05) is 299 Å². The van der Waals surface area contributed by atoms with Gasteiger partial charge in [0.15, 0.2) is 0 Å². The Bertz CT molecular complexity index is 7170. The van der Waals surface area contributed by atoms with Gasteiger partial charge in [-0.05, 0) is 143 Å². The van der Waals surface area contributed by atoms with Crippen LogP contribution in [0.15, 0.2) is 371 Å². The van der Waals surface area contributed by atoms with Gasteiger partial charge in [0.25, 0.3) is 0 Å². The highest BCUT2D eigenvalue weighted by Crippen LogP contribution is 2.66. The standard InChI is InChI=1S/C97H58B2N4S2/c1-5-25-59(26-6-1)98-79-37-17-23-43-91(79)104-95-81(98)51-49-77-93(95)73-53-63(102-86-42-22-16-36-68(86)72-56-87-71(57-88(72)102)67-35-15-20-40-84(67)100(87)61-29-9-3-10-30-61)45-47-75(73)97(77)76-48-46-64(54-74(76)94-78(97)50-52-82-96(94)105-92-44-24-18-38-80(92)99(82)60-27-7-2-8-28-60)103-85-41-21-14-34-66(85)70-55-69-65-33-13-19-39-83(65)101(89(69)58-90(70)103)62-31-11-4-12-32-62/h1-58H. The maximum absolute atomic E-state index is 2.60. The molecule has 16 aromatic carbocycles. The Morgan fingerprint density at radius 3 is 0.952 bits per heavy atom. The highest BCUT2D eigenvalue weighted by Gasteiger charge is 2.55. The zero-order chi connectivity index (χ0) is 68.3. The molecule has 0 amide bonds. The summed E-state index contributed by atoms with van der Waals surface area (Å²) in [5, 5.41) is 9.88. The zero-order valence-corrected chi connectivity index (χ0v) is 58.4. The normalized spacial score (nSPS) is 14.6. The molecule has 2 aliphatic heterocycles. The Balaban J connectivity index is 0.810. The summed E-state index contributed by atoms with van der Waals surface area (Å²) < 4.78 is 10.1. The fourth-order valence-corrected chi connectivity index (χ4v) is 22.2. The minimum Gasteiger partial charge on any atom is -0.309 e. The third-order valence-electron chi connectivity index (χ3n) is 23.8. The lowest BCUT2D eigenvalue weighted by Crippen LogP contribution is -2.55. The smallest absolute Gasteiger partial charge is 0.244 e. The number of benzene rings is 16. The third kappa shape index (κ3) is 7.86. The number of hydrogen-bond donors (Lipinski definition) is 0. The predicted octanol–water partition coefficient (Wildman–Crippen LogP) is 20.4. The Labute approximate surface area is 614 Å². The molecule has 20 aromatic rings. The summed E-state index contributed by atoms with van der Waals surface area (Å²) in [6.45, 7) is 0.0464. The number of hydrogen-bond acceptors (Lipinski definition) is 2. The summed E-state index contributed by atoms with van der Waals surface area (Å²) in [4.78, 5) is 5.25. The van der Waals surface area contributed by atoms with E-state index in [0.29, 0.717) is 0 Å². The van der Waals surface area contributed by atoms with Crippen LogP contribution >= 0.6 is 23.5 Å². The molecule has 4 aromatic heterocycles. The summed E-state index contributed by atoms with van der Waals surface area (Å²) in [6, 6.07) is 134. The lowest BCUT2D eigenvalue weighted by molar-refractivity contribution is 0.791. The Morgan fingerprint density at radius 2 is 0.543 bits per heavy atom. The molecule has 0 radical (unpaired) electrons. The van der Waals surface area contributed by atoms with Crippen molar-refractivity contribution < 1.29 is 0 Å². The molecular formula is C97H58B2N4S2. The molecule has 4 aliphatic rings. The Kier molecular flexibility index (Phi) is 12.1. The van der Waals surface area contributed by atoms with E-state index in [9.17, 15) is 0 Å².